The quantitative estimate of drug-likeness (QED) is 0.564. The number of ether oxygens (including phenoxy) is 1. The number of halogens is 2. The lowest BCUT2D eigenvalue weighted by atomic mass is 10.2. The average Bonchev–Trinajstić information content (AvgIpc) is 2.94. The predicted molar refractivity (Wildman–Crippen MR) is 99.8 cm³/mol. The van der Waals surface area contributed by atoms with Crippen molar-refractivity contribution >= 4 is 54.4 Å². The molecule has 0 saturated carbocycles. The number of methoxy groups -OCH3 is 1. The van der Waals surface area contributed by atoms with Crippen LogP contribution in [0.5, 0.6) is 0 Å². The Morgan fingerprint density at radius 2 is 1.84 bits per heavy atom. The Balaban J connectivity index is 2.34. The standard InChI is InChI=1S/C17H13BrClNO4S/c1-10-3-5-11(6-4-10)25(22,23)20-9-13(17(21)24-2)12-7-14(18)15(19)8-16(12)20/h3-9H,1-2H3. The molecule has 0 bridgehead atoms. The maximum atomic E-state index is 13.0. The number of carbonyl (C=O) groups excluding carboxylic acids is 1. The highest BCUT2D eigenvalue weighted by Gasteiger charge is 2.25. The number of rotatable bonds is 3. The van der Waals surface area contributed by atoms with Gasteiger partial charge in [0, 0.05) is 16.1 Å². The van der Waals surface area contributed by atoms with Crippen LogP contribution in [0, 0.1) is 6.92 Å². The Labute approximate surface area is 158 Å². The molecule has 5 nitrogen and oxygen atoms in total. The normalized spacial score (nSPS) is 11.7. The lowest BCUT2D eigenvalue weighted by Gasteiger charge is -2.08. The molecule has 0 aliphatic carbocycles. The fourth-order valence-electron chi connectivity index (χ4n) is 2.49. The molecule has 0 saturated heterocycles. The van der Waals surface area contributed by atoms with Crippen LogP contribution in [0.3, 0.4) is 0 Å². The molecule has 1 aromatic heterocycles. The van der Waals surface area contributed by atoms with Crippen LogP contribution < -0.4 is 0 Å². The number of hydrogen-bond acceptors (Lipinski definition) is 4. The van der Waals surface area contributed by atoms with E-state index in [2.05, 4.69) is 15.9 Å². The Morgan fingerprint density at radius 1 is 1.20 bits per heavy atom. The van der Waals surface area contributed by atoms with Gasteiger partial charge in [-0.2, -0.15) is 0 Å². The van der Waals surface area contributed by atoms with Gasteiger partial charge in [0.15, 0.2) is 0 Å². The van der Waals surface area contributed by atoms with E-state index >= 15 is 0 Å². The number of carbonyl (C=O) groups is 1. The van der Waals surface area contributed by atoms with Gasteiger partial charge in [-0.25, -0.2) is 17.2 Å². The number of nitrogens with zero attached hydrogens (tertiary/aromatic N) is 1. The minimum atomic E-state index is -3.90. The first-order chi connectivity index (χ1) is 11.8. The molecule has 1 heterocycles. The summed E-state index contributed by atoms with van der Waals surface area (Å²) in [6, 6.07) is 9.57. The van der Waals surface area contributed by atoms with Crippen molar-refractivity contribution in [1.29, 1.82) is 0 Å². The largest absolute Gasteiger partial charge is 0.465 e. The van der Waals surface area contributed by atoms with Gasteiger partial charge in [0.1, 0.15) is 0 Å². The Hall–Kier alpha value is -1.83. The van der Waals surface area contributed by atoms with E-state index in [9.17, 15) is 13.2 Å². The lowest BCUT2D eigenvalue weighted by Crippen LogP contribution is -2.12. The molecular formula is C17H13BrClNO4S. The predicted octanol–water partition coefficient (Wildman–Crippen LogP) is 4.39. The highest BCUT2D eigenvalue weighted by molar-refractivity contribution is 9.10. The van der Waals surface area contributed by atoms with Crippen LogP contribution in [-0.4, -0.2) is 25.5 Å². The average molecular weight is 443 g/mol. The van der Waals surface area contributed by atoms with Crippen LogP contribution in [0.2, 0.25) is 5.02 Å². The molecule has 0 aliphatic rings. The number of fused-ring (bicyclic) bond motifs is 1. The fraction of sp³-hybridized carbons (Fsp3) is 0.118. The molecule has 25 heavy (non-hydrogen) atoms. The zero-order chi connectivity index (χ0) is 18.4. The van der Waals surface area contributed by atoms with Crippen LogP contribution in [0.25, 0.3) is 10.9 Å². The van der Waals surface area contributed by atoms with Gasteiger partial charge in [-0.15, -0.1) is 0 Å². The molecular weight excluding hydrogens is 430 g/mol. The maximum absolute atomic E-state index is 13.0. The van der Waals surface area contributed by atoms with Crippen LogP contribution in [-0.2, 0) is 14.8 Å². The summed E-state index contributed by atoms with van der Waals surface area (Å²) in [5, 5.41) is 0.765. The van der Waals surface area contributed by atoms with Crippen LogP contribution in [0.4, 0.5) is 0 Å². The highest BCUT2D eigenvalue weighted by atomic mass is 79.9. The summed E-state index contributed by atoms with van der Waals surface area (Å²) in [6.07, 6.45) is 1.26. The molecule has 3 rings (SSSR count). The molecule has 0 amide bonds. The van der Waals surface area contributed by atoms with Crippen molar-refractivity contribution in [3.63, 3.8) is 0 Å². The fourth-order valence-corrected chi connectivity index (χ4v) is 4.35. The summed E-state index contributed by atoms with van der Waals surface area (Å²) < 4.78 is 32.4. The van der Waals surface area contributed by atoms with Crippen LogP contribution >= 0.6 is 27.5 Å². The molecule has 0 radical (unpaired) electrons. The maximum Gasteiger partial charge on any atom is 0.340 e. The molecule has 0 fully saturated rings. The number of benzene rings is 2. The Bertz CT molecular complexity index is 1090. The van der Waals surface area contributed by atoms with Crippen molar-refractivity contribution in [3.8, 4) is 0 Å². The molecule has 2 aromatic carbocycles. The number of aryl methyl sites for hydroxylation is 1. The lowest BCUT2D eigenvalue weighted by molar-refractivity contribution is 0.0603. The first-order valence-corrected chi connectivity index (χ1v) is 9.77. The van der Waals surface area contributed by atoms with E-state index in [1.807, 2.05) is 6.92 Å². The summed E-state index contributed by atoms with van der Waals surface area (Å²) in [6.45, 7) is 1.87. The van der Waals surface area contributed by atoms with Crippen molar-refractivity contribution in [3.05, 3.63) is 63.2 Å². The van der Waals surface area contributed by atoms with Gasteiger partial charge in [-0.1, -0.05) is 29.3 Å². The third-order valence-corrected chi connectivity index (χ3v) is 6.68. The summed E-state index contributed by atoms with van der Waals surface area (Å²) >= 11 is 9.42. The summed E-state index contributed by atoms with van der Waals surface area (Å²) in [5.41, 5.74) is 1.39. The van der Waals surface area contributed by atoms with Crippen molar-refractivity contribution < 1.29 is 17.9 Å². The SMILES string of the molecule is COC(=O)c1cn(S(=O)(=O)c2ccc(C)cc2)c2cc(Cl)c(Br)cc12. The van der Waals surface area contributed by atoms with Gasteiger partial charge in [0.25, 0.3) is 10.0 Å². The molecule has 0 spiro atoms. The zero-order valence-corrected chi connectivity index (χ0v) is 16.4. The second-order valence-electron chi connectivity index (χ2n) is 5.43. The van der Waals surface area contributed by atoms with Crippen molar-refractivity contribution in [2.24, 2.45) is 0 Å². The topological polar surface area (TPSA) is 65.4 Å². The smallest absolute Gasteiger partial charge is 0.340 e. The van der Waals surface area contributed by atoms with Gasteiger partial charge < -0.3 is 4.74 Å². The van der Waals surface area contributed by atoms with E-state index < -0.39 is 16.0 Å². The van der Waals surface area contributed by atoms with Gasteiger partial charge in [-0.3, -0.25) is 0 Å². The molecule has 8 heteroatoms. The third-order valence-electron chi connectivity index (χ3n) is 3.80. The second-order valence-corrected chi connectivity index (χ2v) is 8.51. The number of hydrogen-bond donors (Lipinski definition) is 0. The molecule has 0 aliphatic heterocycles. The number of aromatic nitrogens is 1. The van der Waals surface area contributed by atoms with Gasteiger partial charge in [0.2, 0.25) is 0 Å². The van der Waals surface area contributed by atoms with Crippen LogP contribution in [0.15, 0.2) is 52.0 Å². The minimum absolute atomic E-state index is 0.116. The van der Waals surface area contributed by atoms with Gasteiger partial charge in [0.05, 0.1) is 28.1 Å². The van der Waals surface area contributed by atoms with Crippen molar-refractivity contribution in [2.45, 2.75) is 11.8 Å². The Morgan fingerprint density at radius 3 is 2.44 bits per heavy atom. The van der Waals surface area contributed by atoms with Gasteiger partial charge >= 0.3 is 5.97 Å². The minimum Gasteiger partial charge on any atom is -0.465 e. The molecule has 0 atom stereocenters. The summed E-state index contributed by atoms with van der Waals surface area (Å²) in [5.74, 6) is -0.628. The van der Waals surface area contributed by atoms with Crippen LogP contribution in [0.1, 0.15) is 15.9 Å². The van der Waals surface area contributed by atoms with E-state index in [4.69, 9.17) is 16.3 Å². The Kier molecular flexibility index (Phi) is 4.66. The second kappa shape index (κ2) is 6.48. The van der Waals surface area contributed by atoms with Crippen molar-refractivity contribution in [2.75, 3.05) is 7.11 Å². The summed E-state index contributed by atoms with van der Waals surface area (Å²) in [7, 11) is -2.66. The van der Waals surface area contributed by atoms with Crippen molar-refractivity contribution in [1.82, 2.24) is 3.97 Å². The van der Waals surface area contributed by atoms with Gasteiger partial charge in [-0.05, 0) is 47.1 Å². The van der Waals surface area contributed by atoms with E-state index in [1.165, 1.54) is 31.5 Å². The zero-order valence-electron chi connectivity index (χ0n) is 13.3. The van der Waals surface area contributed by atoms with E-state index in [0.29, 0.717) is 20.4 Å². The molecule has 3 aromatic rings. The third kappa shape index (κ3) is 3.07. The monoisotopic (exact) mass is 441 g/mol. The molecule has 130 valence electrons. The molecule has 0 N–H and O–H groups in total. The molecule has 0 unspecified atom stereocenters. The first kappa shape index (κ1) is 18.0. The number of esters is 1. The summed E-state index contributed by atoms with van der Waals surface area (Å²) in [4.78, 5) is 12.2. The van der Waals surface area contributed by atoms with E-state index in [-0.39, 0.29) is 10.5 Å². The highest BCUT2D eigenvalue weighted by Crippen LogP contribution is 2.33. The van der Waals surface area contributed by atoms with E-state index in [1.54, 1.807) is 18.2 Å². The first-order valence-electron chi connectivity index (χ1n) is 7.16. The van der Waals surface area contributed by atoms with E-state index in [0.717, 1.165) is 9.54 Å².